The number of aromatic amines is 1. The van der Waals surface area contributed by atoms with E-state index in [1.807, 2.05) is 0 Å². The molecule has 1 aliphatic rings. The Morgan fingerprint density at radius 1 is 1.16 bits per heavy atom. The van der Waals surface area contributed by atoms with E-state index in [0.717, 1.165) is 32.1 Å². The first-order chi connectivity index (χ1) is 12.0. The minimum absolute atomic E-state index is 0.0432. The second-order valence-corrected chi connectivity index (χ2v) is 7.81. The molecule has 134 valence electrons. The van der Waals surface area contributed by atoms with E-state index < -0.39 is 10.0 Å². The minimum Gasteiger partial charge on any atom is -0.495 e. The number of hydrogen-bond acceptors (Lipinski definition) is 5. The largest absolute Gasteiger partial charge is 0.495 e. The molecule has 0 spiro atoms. The Kier molecular flexibility index (Phi) is 5.19. The summed E-state index contributed by atoms with van der Waals surface area (Å²) in [4.78, 5) is 11.2. The predicted octanol–water partition coefficient (Wildman–Crippen LogP) is 2.06. The number of rotatable bonds is 5. The van der Waals surface area contributed by atoms with Gasteiger partial charge in [-0.25, -0.2) is 18.2 Å². The molecule has 3 rings (SSSR count). The summed E-state index contributed by atoms with van der Waals surface area (Å²) in [6, 6.07) is 7.67. The van der Waals surface area contributed by atoms with Gasteiger partial charge in [0.25, 0.3) is 5.56 Å². The normalized spacial score (nSPS) is 15.9. The zero-order chi connectivity index (χ0) is 17.9. The molecule has 0 unspecified atom stereocenters. The van der Waals surface area contributed by atoms with Crippen LogP contribution in [0.4, 0.5) is 0 Å². The van der Waals surface area contributed by atoms with Crippen LogP contribution in [0.1, 0.15) is 32.1 Å². The number of hydrogen-bond donors (Lipinski definition) is 2. The Morgan fingerprint density at radius 2 is 1.92 bits per heavy atom. The van der Waals surface area contributed by atoms with Crippen LogP contribution in [0.25, 0.3) is 11.3 Å². The SMILES string of the molecule is COc1ccc(-c2ccc(=O)[nH]n2)cc1S(=O)(=O)NC1CCCCC1. The van der Waals surface area contributed by atoms with Gasteiger partial charge in [-0.2, -0.15) is 5.10 Å². The molecule has 1 aliphatic carbocycles. The number of nitrogens with one attached hydrogen (secondary N) is 2. The maximum absolute atomic E-state index is 12.8. The Hall–Kier alpha value is -2.19. The van der Waals surface area contributed by atoms with Crippen molar-refractivity contribution in [3.05, 3.63) is 40.7 Å². The quantitative estimate of drug-likeness (QED) is 0.847. The highest BCUT2D eigenvalue weighted by atomic mass is 32.2. The van der Waals surface area contributed by atoms with E-state index in [1.54, 1.807) is 18.2 Å². The Bertz CT molecular complexity index is 882. The van der Waals surface area contributed by atoms with E-state index >= 15 is 0 Å². The number of sulfonamides is 1. The third kappa shape index (κ3) is 4.08. The molecule has 2 aromatic rings. The van der Waals surface area contributed by atoms with Crippen LogP contribution in [0.3, 0.4) is 0 Å². The molecule has 1 heterocycles. The van der Waals surface area contributed by atoms with Crippen LogP contribution in [-0.4, -0.2) is 31.8 Å². The molecular weight excluding hydrogens is 342 g/mol. The highest BCUT2D eigenvalue weighted by molar-refractivity contribution is 7.89. The first-order valence-electron chi connectivity index (χ1n) is 8.26. The lowest BCUT2D eigenvalue weighted by Crippen LogP contribution is -2.36. The van der Waals surface area contributed by atoms with Gasteiger partial charge in [-0.3, -0.25) is 4.79 Å². The first-order valence-corrected chi connectivity index (χ1v) is 9.74. The van der Waals surface area contributed by atoms with Gasteiger partial charge in [-0.05, 0) is 37.1 Å². The summed E-state index contributed by atoms with van der Waals surface area (Å²) in [7, 11) is -2.28. The van der Waals surface area contributed by atoms with Crippen molar-refractivity contribution >= 4 is 10.0 Å². The van der Waals surface area contributed by atoms with Gasteiger partial charge in [0, 0.05) is 17.7 Å². The first kappa shape index (κ1) is 17.6. The molecule has 0 radical (unpaired) electrons. The summed E-state index contributed by atoms with van der Waals surface area (Å²) in [6.07, 6.45) is 4.91. The molecule has 1 fully saturated rings. The lowest BCUT2D eigenvalue weighted by atomic mass is 9.96. The van der Waals surface area contributed by atoms with Crippen molar-refractivity contribution in [1.82, 2.24) is 14.9 Å². The Morgan fingerprint density at radius 3 is 2.56 bits per heavy atom. The molecule has 7 nitrogen and oxygen atoms in total. The van der Waals surface area contributed by atoms with Gasteiger partial charge in [0.2, 0.25) is 10.0 Å². The topological polar surface area (TPSA) is 101 Å². The van der Waals surface area contributed by atoms with E-state index in [9.17, 15) is 13.2 Å². The summed E-state index contributed by atoms with van der Waals surface area (Å²) < 4.78 is 33.7. The molecule has 0 aliphatic heterocycles. The Labute approximate surface area is 146 Å². The zero-order valence-corrected chi connectivity index (χ0v) is 14.8. The van der Waals surface area contributed by atoms with Crippen LogP contribution in [-0.2, 0) is 10.0 Å². The lowest BCUT2D eigenvalue weighted by molar-refractivity contribution is 0.397. The average molecular weight is 363 g/mol. The van der Waals surface area contributed by atoms with Gasteiger partial charge in [0.1, 0.15) is 10.6 Å². The molecule has 2 N–H and O–H groups in total. The van der Waals surface area contributed by atoms with Gasteiger partial charge in [0.05, 0.1) is 12.8 Å². The van der Waals surface area contributed by atoms with Gasteiger partial charge >= 0.3 is 0 Å². The molecule has 0 saturated heterocycles. The summed E-state index contributed by atoms with van der Waals surface area (Å²) >= 11 is 0. The number of H-pyrrole nitrogens is 1. The van der Waals surface area contributed by atoms with Crippen LogP contribution in [0.5, 0.6) is 5.75 Å². The summed E-state index contributed by atoms with van der Waals surface area (Å²) in [6.45, 7) is 0. The van der Waals surface area contributed by atoms with Crippen molar-refractivity contribution in [2.75, 3.05) is 7.11 Å². The van der Waals surface area contributed by atoms with Crippen LogP contribution >= 0.6 is 0 Å². The van der Waals surface area contributed by atoms with E-state index in [0.29, 0.717) is 11.3 Å². The van der Waals surface area contributed by atoms with E-state index in [2.05, 4.69) is 14.9 Å². The summed E-state index contributed by atoms with van der Waals surface area (Å²) in [5.74, 6) is 0.275. The second kappa shape index (κ2) is 7.37. The Balaban J connectivity index is 1.96. The molecule has 25 heavy (non-hydrogen) atoms. The van der Waals surface area contributed by atoms with E-state index in [1.165, 1.54) is 19.2 Å². The zero-order valence-electron chi connectivity index (χ0n) is 14.0. The third-order valence-corrected chi connectivity index (χ3v) is 5.90. The van der Waals surface area contributed by atoms with Crippen LogP contribution in [0.2, 0.25) is 0 Å². The average Bonchev–Trinajstić information content (AvgIpc) is 2.62. The molecule has 1 saturated carbocycles. The van der Waals surface area contributed by atoms with Crippen molar-refractivity contribution in [3.8, 4) is 17.0 Å². The van der Waals surface area contributed by atoms with Gasteiger partial charge in [-0.15, -0.1) is 0 Å². The summed E-state index contributed by atoms with van der Waals surface area (Å²) in [5, 5.41) is 6.30. The number of methoxy groups -OCH3 is 1. The molecule has 8 heteroatoms. The van der Waals surface area contributed by atoms with Crippen LogP contribution in [0.15, 0.2) is 40.0 Å². The number of ether oxygens (including phenoxy) is 1. The van der Waals surface area contributed by atoms with Crippen LogP contribution in [0, 0.1) is 0 Å². The fraction of sp³-hybridized carbons (Fsp3) is 0.412. The second-order valence-electron chi connectivity index (χ2n) is 6.13. The molecule has 1 aromatic carbocycles. The predicted molar refractivity (Wildman–Crippen MR) is 94.0 cm³/mol. The highest BCUT2D eigenvalue weighted by Gasteiger charge is 2.25. The molecular formula is C17H21N3O4S. The fourth-order valence-electron chi connectivity index (χ4n) is 3.05. The van der Waals surface area contributed by atoms with Crippen LogP contribution < -0.4 is 15.0 Å². The van der Waals surface area contributed by atoms with Gasteiger partial charge in [-0.1, -0.05) is 19.3 Å². The van der Waals surface area contributed by atoms with Gasteiger partial charge in [0.15, 0.2) is 0 Å². The number of benzene rings is 1. The molecule has 0 amide bonds. The highest BCUT2D eigenvalue weighted by Crippen LogP contribution is 2.30. The monoisotopic (exact) mass is 363 g/mol. The smallest absolute Gasteiger partial charge is 0.264 e. The van der Waals surface area contributed by atoms with E-state index in [4.69, 9.17) is 4.74 Å². The van der Waals surface area contributed by atoms with Crippen molar-refractivity contribution in [3.63, 3.8) is 0 Å². The third-order valence-electron chi connectivity index (χ3n) is 4.36. The van der Waals surface area contributed by atoms with Crippen molar-refractivity contribution < 1.29 is 13.2 Å². The molecule has 0 bridgehead atoms. The van der Waals surface area contributed by atoms with Crippen molar-refractivity contribution in [1.29, 1.82) is 0 Å². The van der Waals surface area contributed by atoms with E-state index in [-0.39, 0.29) is 22.2 Å². The van der Waals surface area contributed by atoms with Crippen molar-refractivity contribution in [2.45, 2.75) is 43.0 Å². The molecule has 0 atom stereocenters. The number of aromatic nitrogens is 2. The minimum atomic E-state index is -3.72. The van der Waals surface area contributed by atoms with Crippen molar-refractivity contribution in [2.24, 2.45) is 0 Å². The molecule has 1 aromatic heterocycles. The fourth-order valence-corrected chi connectivity index (χ4v) is 4.55. The summed E-state index contributed by atoms with van der Waals surface area (Å²) in [5.41, 5.74) is 0.751. The lowest BCUT2D eigenvalue weighted by Gasteiger charge is -2.23. The number of nitrogens with zero attached hydrogens (tertiary/aromatic N) is 1. The van der Waals surface area contributed by atoms with Gasteiger partial charge < -0.3 is 4.74 Å². The standard InChI is InChI=1S/C17H21N3O4S/c1-24-15-9-7-12(14-8-10-17(21)19-18-14)11-16(15)25(22,23)20-13-5-3-2-4-6-13/h7-11,13,20H,2-6H2,1H3,(H,19,21). The maximum atomic E-state index is 12.8. The maximum Gasteiger partial charge on any atom is 0.264 e.